The topological polar surface area (TPSA) is 46.6 Å². The number of halogens is 2. The number of ether oxygens (including phenoxy) is 1. The molecule has 6 heteroatoms. The van der Waals surface area contributed by atoms with Gasteiger partial charge in [0.25, 0.3) is 5.91 Å². The summed E-state index contributed by atoms with van der Waals surface area (Å²) in [4.78, 5) is 25.8. The van der Waals surface area contributed by atoms with Crippen LogP contribution >= 0.6 is 15.9 Å². The lowest BCUT2D eigenvalue weighted by Crippen LogP contribution is -2.48. The summed E-state index contributed by atoms with van der Waals surface area (Å²) in [5.41, 5.74) is 0.223. The van der Waals surface area contributed by atoms with Crippen molar-refractivity contribution in [3.8, 4) is 0 Å². The molecule has 1 amide bonds. The van der Waals surface area contributed by atoms with Crippen LogP contribution in [0.5, 0.6) is 0 Å². The first-order valence-corrected chi connectivity index (χ1v) is 7.18. The first-order valence-electron chi connectivity index (χ1n) is 6.39. The van der Waals surface area contributed by atoms with Crippen LogP contribution in [0.3, 0.4) is 0 Å². The molecule has 1 aromatic carbocycles. The van der Waals surface area contributed by atoms with Gasteiger partial charge in [0.05, 0.1) is 17.1 Å². The molecule has 0 spiro atoms. The summed E-state index contributed by atoms with van der Waals surface area (Å²) in [6.45, 7) is 0.474. The highest BCUT2D eigenvalue weighted by molar-refractivity contribution is 9.10. The van der Waals surface area contributed by atoms with Crippen LogP contribution < -0.4 is 0 Å². The minimum Gasteiger partial charge on any atom is -0.467 e. The number of carbonyl (C=O) groups excluding carboxylic acids is 2. The highest BCUT2D eigenvalue weighted by atomic mass is 79.9. The van der Waals surface area contributed by atoms with Gasteiger partial charge in [-0.15, -0.1) is 0 Å². The summed E-state index contributed by atoms with van der Waals surface area (Å²) in [5.74, 6) is -1.28. The summed E-state index contributed by atoms with van der Waals surface area (Å²) in [5, 5.41) is 0. The van der Waals surface area contributed by atoms with Crippen LogP contribution in [0.4, 0.5) is 4.39 Å². The Kier molecular flexibility index (Phi) is 4.75. The number of benzene rings is 1. The summed E-state index contributed by atoms with van der Waals surface area (Å²) >= 11 is 3.08. The third-order valence-corrected chi connectivity index (χ3v) is 4.22. The molecule has 4 nitrogen and oxygen atoms in total. The number of piperidine rings is 1. The Morgan fingerprint density at radius 2 is 2.15 bits per heavy atom. The minimum atomic E-state index is -0.587. The van der Waals surface area contributed by atoms with E-state index in [0.717, 1.165) is 12.8 Å². The Balaban J connectivity index is 2.30. The van der Waals surface area contributed by atoms with Crippen LogP contribution in [0.2, 0.25) is 0 Å². The number of carbonyl (C=O) groups is 2. The lowest BCUT2D eigenvalue weighted by atomic mass is 10.0. The van der Waals surface area contributed by atoms with Crippen LogP contribution in [0.25, 0.3) is 0 Å². The molecule has 0 bridgehead atoms. The van der Waals surface area contributed by atoms with Gasteiger partial charge in [-0.3, -0.25) is 4.79 Å². The average Bonchev–Trinajstić information content (AvgIpc) is 2.48. The lowest BCUT2D eigenvalue weighted by molar-refractivity contribution is -0.147. The van der Waals surface area contributed by atoms with Gasteiger partial charge in [0, 0.05) is 6.54 Å². The van der Waals surface area contributed by atoms with Gasteiger partial charge < -0.3 is 9.64 Å². The highest BCUT2D eigenvalue weighted by Gasteiger charge is 2.34. The first kappa shape index (κ1) is 15.0. The number of likely N-dealkylation sites (tertiary alicyclic amines) is 1. The van der Waals surface area contributed by atoms with Crippen molar-refractivity contribution in [1.82, 2.24) is 4.90 Å². The molecular weight excluding hydrogens is 329 g/mol. The van der Waals surface area contributed by atoms with Crippen molar-refractivity contribution in [3.05, 3.63) is 34.1 Å². The molecule has 0 radical (unpaired) electrons. The summed E-state index contributed by atoms with van der Waals surface area (Å²) < 4.78 is 18.4. The zero-order valence-electron chi connectivity index (χ0n) is 11.1. The van der Waals surface area contributed by atoms with E-state index in [1.165, 1.54) is 24.1 Å². The maximum absolute atomic E-state index is 13.5. The fourth-order valence-electron chi connectivity index (χ4n) is 2.38. The Morgan fingerprint density at radius 1 is 1.40 bits per heavy atom. The SMILES string of the molecule is COC(=O)[C@H]1CCCCN1C(=O)c1cccc(F)c1Br. The van der Waals surface area contributed by atoms with E-state index in [-0.39, 0.29) is 15.9 Å². The predicted molar refractivity (Wildman–Crippen MR) is 74.8 cm³/mol. The normalized spacial score (nSPS) is 18.8. The van der Waals surface area contributed by atoms with Crippen molar-refractivity contribution in [3.63, 3.8) is 0 Å². The Morgan fingerprint density at radius 3 is 2.85 bits per heavy atom. The van der Waals surface area contributed by atoms with Crippen molar-refractivity contribution in [2.75, 3.05) is 13.7 Å². The Hall–Kier alpha value is -1.43. The van der Waals surface area contributed by atoms with Gasteiger partial charge in [-0.25, -0.2) is 9.18 Å². The third kappa shape index (κ3) is 2.85. The number of esters is 1. The van der Waals surface area contributed by atoms with Crippen LogP contribution in [-0.2, 0) is 9.53 Å². The van der Waals surface area contributed by atoms with Crippen LogP contribution in [0.15, 0.2) is 22.7 Å². The molecule has 0 aliphatic carbocycles. The molecule has 2 rings (SSSR count). The maximum atomic E-state index is 13.5. The van der Waals surface area contributed by atoms with Crippen molar-refractivity contribution in [1.29, 1.82) is 0 Å². The number of hydrogen-bond donors (Lipinski definition) is 0. The number of nitrogens with zero attached hydrogens (tertiary/aromatic N) is 1. The highest BCUT2D eigenvalue weighted by Crippen LogP contribution is 2.26. The fourth-order valence-corrected chi connectivity index (χ4v) is 2.81. The van der Waals surface area contributed by atoms with Crippen molar-refractivity contribution in [2.45, 2.75) is 25.3 Å². The van der Waals surface area contributed by atoms with E-state index >= 15 is 0 Å². The molecule has 1 heterocycles. The molecule has 1 atom stereocenters. The molecule has 1 aliphatic heterocycles. The predicted octanol–water partition coefficient (Wildman–Crippen LogP) is 2.76. The zero-order valence-corrected chi connectivity index (χ0v) is 12.7. The standard InChI is InChI=1S/C14H15BrFNO3/c1-20-14(19)11-7-2-3-8-17(11)13(18)9-5-4-6-10(16)12(9)15/h4-6,11H,2-3,7-8H2,1H3/t11-/m1/s1. The van der Waals surface area contributed by atoms with Gasteiger partial charge in [-0.05, 0) is 47.3 Å². The summed E-state index contributed by atoms with van der Waals surface area (Å²) in [7, 11) is 1.30. The quantitative estimate of drug-likeness (QED) is 0.775. The van der Waals surface area contributed by atoms with Gasteiger partial charge in [-0.2, -0.15) is 0 Å². The van der Waals surface area contributed by atoms with E-state index < -0.39 is 17.8 Å². The molecule has 1 saturated heterocycles. The largest absolute Gasteiger partial charge is 0.467 e. The second-order valence-electron chi connectivity index (χ2n) is 4.63. The van der Waals surface area contributed by atoms with E-state index in [2.05, 4.69) is 15.9 Å². The van der Waals surface area contributed by atoms with Crippen molar-refractivity contribution < 1.29 is 18.7 Å². The minimum absolute atomic E-state index is 0.124. The Labute approximate surface area is 125 Å². The van der Waals surface area contributed by atoms with E-state index in [9.17, 15) is 14.0 Å². The number of rotatable bonds is 2. The smallest absolute Gasteiger partial charge is 0.328 e. The van der Waals surface area contributed by atoms with Crippen LogP contribution in [0, 0.1) is 5.82 Å². The molecule has 0 saturated carbocycles. The molecule has 0 N–H and O–H groups in total. The number of hydrogen-bond acceptors (Lipinski definition) is 3. The average molecular weight is 344 g/mol. The molecule has 0 aromatic heterocycles. The monoisotopic (exact) mass is 343 g/mol. The Bertz CT molecular complexity index is 535. The lowest BCUT2D eigenvalue weighted by Gasteiger charge is -2.34. The van der Waals surface area contributed by atoms with E-state index in [0.29, 0.717) is 13.0 Å². The van der Waals surface area contributed by atoms with Gasteiger partial charge in [0.2, 0.25) is 0 Å². The molecule has 1 aromatic rings. The van der Waals surface area contributed by atoms with Gasteiger partial charge in [0.15, 0.2) is 0 Å². The second-order valence-corrected chi connectivity index (χ2v) is 5.43. The molecule has 1 fully saturated rings. The van der Waals surface area contributed by atoms with Gasteiger partial charge >= 0.3 is 5.97 Å². The number of methoxy groups -OCH3 is 1. The van der Waals surface area contributed by atoms with Gasteiger partial charge in [-0.1, -0.05) is 6.07 Å². The maximum Gasteiger partial charge on any atom is 0.328 e. The van der Waals surface area contributed by atoms with Crippen molar-refractivity contribution in [2.24, 2.45) is 0 Å². The molecule has 0 unspecified atom stereocenters. The molecular formula is C14H15BrFNO3. The van der Waals surface area contributed by atoms with E-state index in [4.69, 9.17) is 4.74 Å². The van der Waals surface area contributed by atoms with Crippen LogP contribution in [-0.4, -0.2) is 36.5 Å². The van der Waals surface area contributed by atoms with Gasteiger partial charge in [0.1, 0.15) is 11.9 Å². The van der Waals surface area contributed by atoms with E-state index in [1.54, 1.807) is 6.07 Å². The van der Waals surface area contributed by atoms with E-state index in [1.807, 2.05) is 0 Å². The number of amides is 1. The summed E-state index contributed by atoms with van der Waals surface area (Å²) in [6.07, 6.45) is 2.27. The second kappa shape index (κ2) is 6.35. The van der Waals surface area contributed by atoms with Crippen molar-refractivity contribution >= 4 is 27.8 Å². The molecule has 108 valence electrons. The summed E-state index contributed by atoms with van der Waals surface area (Å²) in [6, 6.07) is 3.70. The third-order valence-electron chi connectivity index (χ3n) is 3.42. The zero-order chi connectivity index (χ0) is 14.7. The molecule has 20 heavy (non-hydrogen) atoms. The van der Waals surface area contributed by atoms with Crippen LogP contribution in [0.1, 0.15) is 29.6 Å². The molecule has 1 aliphatic rings. The first-order chi connectivity index (χ1) is 9.56. The fraction of sp³-hybridized carbons (Fsp3) is 0.429.